The summed E-state index contributed by atoms with van der Waals surface area (Å²) in [6.45, 7) is 17.9. The van der Waals surface area contributed by atoms with Gasteiger partial charge in [-0.1, -0.05) is 194 Å². The number of esters is 3. The van der Waals surface area contributed by atoms with Crippen LogP contribution in [-0.2, 0) is 70.3 Å². The van der Waals surface area contributed by atoms with Crippen LogP contribution < -0.4 is 0 Å². The highest BCUT2D eigenvalue weighted by Gasteiger charge is 2.61. The van der Waals surface area contributed by atoms with E-state index in [1.807, 2.05) is 85.7 Å². The first kappa shape index (κ1) is 99.0. The quantitative estimate of drug-likeness (QED) is 0.0156. The summed E-state index contributed by atoms with van der Waals surface area (Å²) in [7, 11) is 0. The number of hydrogen-bond donors (Lipinski definition) is 3. The zero-order valence-corrected chi connectivity index (χ0v) is 80.8. The van der Waals surface area contributed by atoms with E-state index in [0.29, 0.717) is 65.4 Å². The number of unbranched alkanes of at least 4 members (excludes halogenated alkanes) is 5. The average Bonchev–Trinajstić information content (AvgIpc) is 1.63. The molecule has 17 rings (SSSR count). The van der Waals surface area contributed by atoms with Crippen LogP contribution in [0.15, 0.2) is 181 Å². The number of nitrogens with zero attached hydrogens (tertiary/aromatic N) is 6. The molecule has 5 aromatic rings. The van der Waals surface area contributed by atoms with E-state index in [9.17, 15) is 62.9 Å². The Balaban J connectivity index is 0.000000154. The number of aromatic nitrogens is 3. The number of carboxylic acids is 3. The van der Waals surface area contributed by atoms with E-state index in [0.717, 1.165) is 121 Å². The maximum Gasteiger partial charge on any atom is 0.326 e. The summed E-state index contributed by atoms with van der Waals surface area (Å²) < 4.78 is 31.1. The van der Waals surface area contributed by atoms with Crippen molar-refractivity contribution >= 4 is 70.3 Å². The third-order valence-electron chi connectivity index (χ3n) is 35.1. The van der Waals surface area contributed by atoms with Crippen molar-refractivity contribution in [2.75, 3.05) is 26.2 Å². The Labute approximate surface area is 797 Å². The number of amides is 3. The topological polar surface area (TPSA) is 290 Å². The van der Waals surface area contributed by atoms with Crippen molar-refractivity contribution in [3.05, 3.63) is 215 Å². The van der Waals surface area contributed by atoms with Crippen molar-refractivity contribution < 1.29 is 77.1 Å². The van der Waals surface area contributed by atoms with Gasteiger partial charge in [-0.15, -0.1) is 0 Å². The number of aliphatic carboxylic acids is 3. The van der Waals surface area contributed by atoms with E-state index in [-0.39, 0.29) is 133 Å². The molecule has 135 heavy (non-hydrogen) atoms. The Hall–Kier alpha value is -10.5. The van der Waals surface area contributed by atoms with Gasteiger partial charge in [0.2, 0.25) is 17.7 Å². The third-order valence-corrected chi connectivity index (χ3v) is 35.1. The molecule has 19 atom stereocenters. The molecule has 21 nitrogen and oxygen atoms in total. The zero-order chi connectivity index (χ0) is 95.6. The molecule has 3 heterocycles. The molecule has 12 aliphatic rings. The molecular weight excluding hydrogens is 1700 g/mol. The van der Waals surface area contributed by atoms with E-state index in [4.69, 9.17) is 14.2 Å². The first-order valence-electron chi connectivity index (χ1n) is 50.6. The molecule has 722 valence electrons. The summed E-state index contributed by atoms with van der Waals surface area (Å²) in [5.74, 6) is -0.157. The number of fused-ring (bicyclic) bond motifs is 15. The van der Waals surface area contributed by atoms with E-state index in [1.165, 1.54) is 154 Å². The Morgan fingerprint density at radius 2 is 0.800 bits per heavy atom. The smallest absolute Gasteiger partial charge is 0.326 e. The number of benzene rings is 2. The molecule has 2 aromatic carbocycles. The predicted octanol–water partition coefficient (Wildman–Crippen LogP) is 21.9. The lowest BCUT2D eigenvalue weighted by Crippen LogP contribution is -2.50. The predicted molar refractivity (Wildman–Crippen MR) is 517 cm³/mol. The number of pyridine rings is 3. The van der Waals surface area contributed by atoms with Gasteiger partial charge >= 0.3 is 35.8 Å². The number of carbonyl (C=O) groups excluding carboxylic acids is 6. The van der Waals surface area contributed by atoms with Crippen LogP contribution in [0.1, 0.15) is 289 Å². The van der Waals surface area contributed by atoms with Gasteiger partial charge in [0.05, 0.1) is 19.3 Å². The summed E-state index contributed by atoms with van der Waals surface area (Å²) in [6, 6.07) is 26.5. The normalized spacial score (nSPS) is 30.5. The second kappa shape index (κ2) is 43.0. The number of ether oxygens (including phenoxy) is 3. The molecule has 3 N–H and O–H groups in total. The molecular formula is C113H143FN6O15. The van der Waals surface area contributed by atoms with E-state index >= 15 is 0 Å². The molecule has 22 heteroatoms. The molecule has 0 unspecified atom stereocenters. The average molecular weight is 1840 g/mol. The highest BCUT2D eigenvalue weighted by molar-refractivity contribution is 5.86. The second-order valence-electron chi connectivity index (χ2n) is 42.7. The fraction of sp³-hybridized carbons (Fsp3) is 0.575. The van der Waals surface area contributed by atoms with E-state index in [2.05, 4.69) is 118 Å². The summed E-state index contributed by atoms with van der Waals surface area (Å²) in [5, 5.41) is 28.5. The number of carboxylic acid groups (broad SMARTS) is 3. The molecule has 3 aromatic heterocycles. The first-order chi connectivity index (χ1) is 64.8. The summed E-state index contributed by atoms with van der Waals surface area (Å²) >= 11 is 0. The maximum absolute atomic E-state index is 13.3. The Morgan fingerprint density at radius 1 is 0.415 bits per heavy atom. The molecule has 0 saturated heterocycles. The highest BCUT2D eigenvalue weighted by atomic mass is 19.1. The van der Waals surface area contributed by atoms with Gasteiger partial charge in [-0.3, -0.25) is 53.3 Å². The lowest BCUT2D eigenvalue weighted by atomic mass is 9.47. The zero-order valence-electron chi connectivity index (χ0n) is 80.8. The van der Waals surface area contributed by atoms with E-state index < -0.39 is 48.2 Å². The summed E-state index contributed by atoms with van der Waals surface area (Å²) in [4.78, 5) is 129. The molecule has 6 saturated carbocycles. The van der Waals surface area contributed by atoms with Crippen molar-refractivity contribution in [1.82, 2.24) is 29.7 Å². The van der Waals surface area contributed by atoms with Crippen LogP contribution in [0, 0.1) is 91.6 Å². The third kappa shape index (κ3) is 21.9. The minimum absolute atomic E-state index is 0.00447. The number of hydrogen-bond acceptors (Lipinski definition) is 15. The van der Waals surface area contributed by atoms with Crippen LogP contribution in [0.25, 0.3) is 16.7 Å². The molecule has 12 aliphatic carbocycles. The van der Waals surface area contributed by atoms with E-state index in [1.54, 1.807) is 0 Å². The van der Waals surface area contributed by atoms with Crippen LogP contribution in [0.5, 0.6) is 0 Å². The van der Waals surface area contributed by atoms with Crippen LogP contribution in [0.3, 0.4) is 0 Å². The largest absolute Gasteiger partial charge is 0.480 e. The van der Waals surface area contributed by atoms with Crippen LogP contribution in [0.4, 0.5) is 4.39 Å². The van der Waals surface area contributed by atoms with Gasteiger partial charge < -0.3 is 44.2 Å². The van der Waals surface area contributed by atoms with Crippen molar-refractivity contribution in [2.24, 2.45) is 85.8 Å². The van der Waals surface area contributed by atoms with Gasteiger partial charge in [-0.25, -0.2) is 9.18 Å². The van der Waals surface area contributed by atoms with Crippen molar-refractivity contribution in [3.63, 3.8) is 0 Å². The standard InChI is InChI=1S/C38H46N2O5.C38H54N2O5.C37H43FN2O5/c1-25(41)40(34(36(43)44)22-26-8-5-4-6-9-26)21-17-35(42)45-29-15-18-37(2)28(23-29)11-12-30-32-14-13-31(27-10-7-20-39-24-27)38(32,3)19-16-33(30)37;1-4-5-6-7-8-9-23-40(26-35(42)43)34(41)16-17-36(44)45-29-18-20-37(2)28(24-29)12-13-30-32-15-14-31(27-11-10-22-39-25-27)38(32,3)21-19-33(30)37;1-36-17-15-28(45-35(44)14-13-33(41)40(23-34(42)43)22-24-5-8-27(38)9-6-24)20-26(36)7-10-29-31-12-11-30(25-4-3-19-39-21-25)37(31,2)18-16-32(29)36/h4-11,13,20,24,29-30,32-34H,12,14-19,21-23H2,1-3H3,(H,43,44);10-12,14,22,25,29-30,32-33H,4-9,13,15-21,23-24,26H2,1-3H3,(H,42,43);3-9,11,19,21,28-29,31-32H,10,12-18,20,22-23H2,1-2H3,(H,42,43)/t29-,30-,32-,33-,34-,37-,38+;29-,30-,32-,33-,37-,38+;28-,29-,31-,32-,36-,37+/m000/s1. The highest BCUT2D eigenvalue weighted by Crippen LogP contribution is 2.70. The Morgan fingerprint density at radius 3 is 1.19 bits per heavy atom. The lowest BCUT2D eigenvalue weighted by Gasteiger charge is -2.57. The number of carbonyl (C=O) groups is 9. The van der Waals surface area contributed by atoms with Crippen molar-refractivity contribution in [1.29, 1.82) is 0 Å². The first-order valence-corrected chi connectivity index (χ1v) is 50.6. The van der Waals surface area contributed by atoms with Gasteiger partial charge in [0.1, 0.15) is 43.3 Å². The maximum atomic E-state index is 13.3. The van der Waals surface area contributed by atoms with Crippen LogP contribution in [-0.4, -0.2) is 149 Å². The van der Waals surface area contributed by atoms with Crippen molar-refractivity contribution in [3.8, 4) is 0 Å². The monoisotopic (exact) mass is 1840 g/mol. The fourth-order valence-corrected chi connectivity index (χ4v) is 27.9. The van der Waals surface area contributed by atoms with Gasteiger partial charge in [0, 0.05) is 102 Å². The van der Waals surface area contributed by atoms with Crippen LogP contribution in [0.2, 0.25) is 0 Å². The Kier molecular flexibility index (Phi) is 31.6. The van der Waals surface area contributed by atoms with Gasteiger partial charge in [-0.2, -0.15) is 0 Å². The SMILES string of the molecule is CC(=O)N(CCC(=O)O[C@H]1CC[C@@]2(C)C(=CC[C@@H]3[C@@H]2CC[C@]2(C)C(c4cccnc4)=CC[C@@H]32)C1)[C@@H](Cc1ccccc1)C(=O)O.CCCCCCCCN(CC(=O)O)C(=O)CCC(=O)O[C@H]1CC[C@@]2(C)C(=CC[C@@H]3[C@@H]2CC[C@]2(C)C(c4cccnc4)=CC[C@@H]32)C1.C[C@]12CC[C@H](OC(=O)CCC(=O)N(CC(=O)O)Cc3ccc(F)cc3)CC1=CC[C@@H]1[C@@H]2CC[C@]2(C)C(c3cccnc3)=CC[C@@H]12. The summed E-state index contributed by atoms with van der Waals surface area (Å²) in [5.41, 5.74) is 14.9. The second-order valence-corrected chi connectivity index (χ2v) is 42.7. The van der Waals surface area contributed by atoms with Crippen molar-refractivity contribution in [2.45, 2.75) is 298 Å². The molecule has 6 fully saturated rings. The van der Waals surface area contributed by atoms with Crippen LogP contribution >= 0.6 is 0 Å². The van der Waals surface area contributed by atoms with Gasteiger partial charge in [0.25, 0.3) is 0 Å². The Bertz CT molecular complexity index is 5290. The van der Waals surface area contributed by atoms with Gasteiger partial charge in [0.15, 0.2) is 0 Å². The molecule has 0 spiro atoms. The minimum Gasteiger partial charge on any atom is -0.480 e. The van der Waals surface area contributed by atoms with Gasteiger partial charge in [-0.05, 0) is 283 Å². The number of halogens is 1. The molecule has 3 amide bonds. The number of rotatable bonds is 32. The summed E-state index contributed by atoms with van der Waals surface area (Å²) in [6.07, 6.45) is 53.7. The fourth-order valence-electron chi connectivity index (χ4n) is 27.9. The molecule has 0 aliphatic heterocycles. The molecule has 0 radical (unpaired) electrons. The minimum atomic E-state index is -1.15. The molecule has 0 bridgehead atoms. The number of allylic oxidation sites excluding steroid dienone is 9. The lowest BCUT2D eigenvalue weighted by molar-refractivity contribution is -0.155.